The number of nitro groups is 2. The molecule has 0 fully saturated rings. The third-order valence-electron chi connectivity index (χ3n) is 2.74. The molecule has 0 bridgehead atoms. The van der Waals surface area contributed by atoms with E-state index < -0.39 is 21.2 Å². The molecule has 0 amide bonds. The van der Waals surface area contributed by atoms with Crippen LogP contribution in [0.1, 0.15) is 5.56 Å². The van der Waals surface area contributed by atoms with Gasteiger partial charge in [-0.05, 0) is 24.3 Å². The fourth-order valence-corrected chi connectivity index (χ4v) is 2.12. The van der Waals surface area contributed by atoms with E-state index in [9.17, 15) is 20.2 Å². The Morgan fingerprint density at radius 3 is 2.39 bits per heavy atom. The Balaban J connectivity index is 2.48. The van der Waals surface area contributed by atoms with Gasteiger partial charge in [0, 0.05) is 16.1 Å². The van der Waals surface area contributed by atoms with E-state index >= 15 is 0 Å². The van der Waals surface area contributed by atoms with E-state index in [1.54, 1.807) is 12.1 Å². The Hall–Kier alpha value is -3.01. The summed E-state index contributed by atoms with van der Waals surface area (Å²) in [5.41, 5.74) is -0.611. The van der Waals surface area contributed by atoms with Gasteiger partial charge < -0.3 is 9.94 Å². The van der Waals surface area contributed by atoms with Crippen LogP contribution in [0.5, 0.6) is 11.5 Å². The van der Waals surface area contributed by atoms with Crippen molar-refractivity contribution in [3.63, 3.8) is 0 Å². The van der Waals surface area contributed by atoms with Gasteiger partial charge in [-0.3, -0.25) is 20.2 Å². The summed E-state index contributed by atoms with van der Waals surface area (Å²) in [6.45, 7) is 0. The second-order valence-electron chi connectivity index (χ2n) is 4.20. The lowest BCUT2D eigenvalue weighted by molar-refractivity contribution is -0.394. The zero-order valence-electron chi connectivity index (χ0n) is 11.2. The molecule has 2 aromatic carbocycles. The second kappa shape index (κ2) is 6.83. The number of rotatable bonds is 5. The number of nitrogens with zero attached hydrogens (tertiary/aromatic N) is 3. The van der Waals surface area contributed by atoms with Crippen molar-refractivity contribution in [1.29, 1.82) is 0 Å². The van der Waals surface area contributed by atoms with Crippen LogP contribution in [0.4, 0.5) is 11.4 Å². The number of nitro benzene ring substituents is 2. The molecule has 0 heterocycles. The van der Waals surface area contributed by atoms with E-state index in [1.165, 1.54) is 6.07 Å². The highest BCUT2D eigenvalue weighted by atomic mass is 79.9. The Labute approximate surface area is 137 Å². The molecule has 0 aliphatic rings. The Kier molecular flexibility index (Phi) is 4.86. The molecule has 0 radical (unpaired) electrons. The first-order valence-electron chi connectivity index (χ1n) is 6.00. The van der Waals surface area contributed by atoms with Crippen LogP contribution in [0.25, 0.3) is 0 Å². The van der Waals surface area contributed by atoms with Crippen LogP contribution in [0.15, 0.2) is 46.0 Å². The van der Waals surface area contributed by atoms with Gasteiger partial charge in [0.2, 0.25) is 5.75 Å². The lowest BCUT2D eigenvalue weighted by Gasteiger charge is -2.09. The van der Waals surface area contributed by atoms with E-state index in [4.69, 9.17) is 9.94 Å². The van der Waals surface area contributed by atoms with Crippen molar-refractivity contribution in [1.82, 2.24) is 0 Å². The summed E-state index contributed by atoms with van der Waals surface area (Å²) in [4.78, 5) is 20.3. The highest BCUT2D eigenvalue weighted by Crippen LogP contribution is 2.35. The molecule has 118 valence electrons. The van der Waals surface area contributed by atoms with Gasteiger partial charge in [-0.15, -0.1) is 0 Å². The third-order valence-corrected chi connectivity index (χ3v) is 3.23. The van der Waals surface area contributed by atoms with Crippen LogP contribution in [0.3, 0.4) is 0 Å². The maximum Gasteiger partial charge on any atom is 0.318 e. The number of halogens is 1. The first kappa shape index (κ1) is 16.4. The number of hydrogen-bond acceptors (Lipinski definition) is 7. The summed E-state index contributed by atoms with van der Waals surface area (Å²) < 4.78 is 6.14. The van der Waals surface area contributed by atoms with Crippen LogP contribution in [-0.2, 0) is 0 Å². The minimum atomic E-state index is -0.777. The summed E-state index contributed by atoms with van der Waals surface area (Å²) in [5, 5.41) is 33.3. The lowest BCUT2D eigenvalue weighted by atomic mass is 10.2. The molecule has 23 heavy (non-hydrogen) atoms. The van der Waals surface area contributed by atoms with Crippen LogP contribution in [-0.4, -0.2) is 21.3 Å². The van der Waals surface area contributed by atoms with E-state index in [-0.39, 0.29) is 11.5 Å². The van der Waals surface area contributed by atoms with E-state index in [0.717, 1.165) is 24.4 Å². The predicted octanol–water partition coefficient (Wildman–Crippen LogP) is 3.87. The van der Waals surface area contributed by atoms with Crippen LogP contribution >= 0.6 is 15.9 Å². The SMILES string of the molecule is O=[N+]([O-])c1ccc(Oc2ccc(Br)cc2/C=N\O)c([N+](=O)[O-])c1. The van der Waals surface area contributed by atoms with Gasteiger partial charge in [0.25, 0.3) is 5.69 Å². The first-order chi connectivity index (χ1) is 10.9. The molecule has 0 saturated heterocycles. The zero-order valence-corrected chi connectivity index (χ0v) is 12.8. The highest BCUT2D eigenvalue weighted by molar-refractivity contribution is 9.10. The van der Waals surface area contributed by atoms with E-state index in [1.807, 2.05) is 0 Å². The molecule has 0 aliphatic heterocycles. The van der Waals surface area contributed by atoms with Gasteiger partial charge in [0.15, 0.2) is 0 Å². The summed E-state index contributed by atoms with van der Waals surface area (Å²) >= 11 is 3.23. The molecule has 0 spiro atoms. The predicted molar refractivity (Wildman–Crippen MR) is 83.3 cm³/mol. The molecule has 0 saturated carbocycles. The third kappa shape index (κ3) is 3.80. The van der Waals surface area contributed by atoms with Gasteiger partial charge >= 0.3 is 5.69 Å². The number of non-ortho nitro benzene ring substituents is 1. The maximum atomic E-state index is 11.1. The quantitative estimate of drug-likeness (QED) is 0.362. The van der Waals surface area contributed by atoms with Crippen LogP contribution in [0, 0.1) is 20.2 Å². The monoisotopic (exact) mass is 381 g/mol. The molecule has 10 heteroatoms. The standard InChI is InChI=1S/C13H8BrN3O6/c14-9-1-3-12(8(5-9)7-15-18)23-13-4-2-10(16(19)20)6-11(13)17(21)22/h1-7,18H/b15-7-. The van der Waals surface area contributed by atoms with Crippen LogP contribution in [0.2, 0.25) is 0 Å². The van der Waals surface area contributed by atoms with Crippen molar-refractivity contribution in [3.8, 4) is 11.5 Å². The molecule has 0 unspecified atom stereocenters. The summed E-state index contributed by atoms with van der Waals surface area (Å²) in [6, 6.07) is 7.76. The molecule has 1 N–H and O–H groups in total. The van der Waals surface area contributed by atoms with Crippen molar-refractivity contribution in [2.45, 2.75) is 0 Å². The van der Waals surface area contributed by atoms with Gasteiger partial charge in [0.1, 0.15) is 5.75 Å². The van der Waals surface area contributed by atoms with Gasteiger partial charge in [-0.25, -0.2) is 0 Å². The molecule has 2 rings (SSSR count). The fraction of sp³-hybridized carbons (Fsp3) is 0. The molecule has 2 aromatic rings. The second-order valence-corrected chi connectivity index (χ2v) is 5.11. The zero-order chi connectivity index (χ0) is 17.0. The maximum absolute atomic E-state index is 11.1. The Morgan fingerprint density at radius 1 is 1.09 bits per heavy atom. The number of oxime groups is 1. The van der Waals surface area contributed by atoms with Crippen molar-refractivity contribution >= 4 is 33.5 Å². The van der Waals surface area contributed by atoms with Crippen molar-refractivity contribution in [2.75, 3.05) is 0 Å². The number of ether oxygens (including phenoxy) is 1. The lowest BCUT2D eigenvalue weighted by Crippen LogP contribution is -1.97. The normalized spacial score (nSPS) is 10.7. The fourth-order valence-electron chi connectivity index (χ4n) is 1.74. The van der Waals surface area contributed by atoms with E-state index in [2.05, 4.69) is 21.1 Å². The number of hydrogen-bond donors (Lipinski definition) is 1. The number of benzene rings is 2. The van der Waals surface area contributed by atoms with Crippen molar-refractivity contribution < 1.29 is 19.8 Å². The molecule has 0 aliphatic carbocycles. The Morgan fingerprint density at radius 2 is 1.78 bits per heavy atom. The topological polar surface area (TPSA) is 128 Å². The Bertz CT molecular complexity index is 808. The van der Waals surface area contributed by atoms with Crippen molar-refractivity contribution in [3.05, 3.63) is 66.7 Å². The minimum Gasteiger partial charge on any atom is -0.449 e. The van der Waals surface area contributed by atoms with Gasteiger partial charge in [0.05, 0.1) is 22.1 Å². The average Bonchev–Trinajstić information content (AvgIpc) is 2.50. The summed E-state index contributed by atoms with van der Waals surface area (Å²) in [6.07, 6.45) is 1.09. The summed E-state index contributed by atoms with van der Waals surface area (Å²) in [7, 11) is 0. The largest absolute Gasteiger partial charge is 0.449 e. The molecule has 0 aromatic heterocycles. The van der Waals surface area contributed by atoms with Crippen LogP contribution < -0.4 is 4.74 Å². The molecule has 9 nitrogen and oxygen atoms in total. The molecular weight excluding hydrogens is 374 g/mol. The molecular formula is C13H8BrN3O6. The summed E-state index contributed by atoms with van der Waals surface area (Å²) in [5.74, 6) is 0.0125. The molecule has 0 atom stereocenters. The van der Waals surface area contributed by atoms with Crippen molar-refractivity contribution in [2.24, 2.45) is 5.16 Å². The average molecular weight is 382 g/mol. The van der Waals surface area contributed by atoms with Gasteiger partial charge in [-0.2, -0.15) is 0 Å². The highest BCUT2D eigenvalue weighted by Gasteiger charge is 2.21. The van der Waals surface area contributed by atoms with Gasteiger partial charge in [-0.1, -0.05) is 21.1 Å². The smallest absolute Gasteiger partial charge is 0.318 e. The first-order valence-corrected chi connectivity index (χ1v) is 6.79. The minimum absolute atomic E-state index is 0.171. The van der Waals surface area contributed by atoms with E-state index in [0.29, 0.717) is 10.0 Å².